The van der Waals surface area contributed by atoms with Crippen molar-refractivity contribution in [2.75, 3.05) is 18.2 Å². The molecule has 0 aromatic carbocycles. The maximum absolute atomic E-state index is 10.8. The topological polar surface area (TPSA) is 64.1 Å². The number of anilines is 1. The molecule has 84 valence electrons. The summed E-state index contributed by atoms with van der Waals surface area (Å²) in [6.07, 6.45) is 1.78. The molecule has 0 saturated heterocycles. The van der Waals surface area contributed by atoms with Crippen LogP contribution in [0.4, 0.5) is 9.93 Å². The Morgan fingerprint density at radius 3 is 3.13 bits per heavy atom. The molecule has 1 N–H and O–H groups in total. The number of rotatable bonds is 5. The van der Waals surface area contributed by atoms with Crippen LogP contribution in [0.25, 0.3) is 0 Å². The van der Waals surface area contributed by atoms with Crippen molar-refractivity contribution < 1.29 is 9.53 Å². The van der Waals surface area contributed by atoms with E-state index >= 15 is 0 Å². The number of carbonyl (C=O) groups excluding carboxylic acids is 1. The maximum Gasteiger partial charge on any atom is 0.413 e. The van der Waals surface area contributed by atoms with Crippen LogP contribution in [0.2, 0.25) is 0 Å². The molecule has 0 spiro atoms. The smallest absolute Gasteiger partial charge is 0.413 e. The van der Waals surface area contributed by atoms with E-state index in [0.717, 1.165) is 30.1 Å². The lowest BCUT2D eigenvalue weighted by Gasteiger charge is -1.96. The zero-order valence-corrected chi connectivity index (χ0v) is 10.3. The Hall–Kier alpha value is -0.820. The molecule has 0 saturated carbocycles. The molecule has 0 aliphatic rings. The van der Waals surface area contributed by atoms with Crippen LogP contribution < -0.4 is 5.32 Å². The summed E-state index contributed by atoms with van der Waals surface area (Å²) in [7, 11) is 1.31. The van der Waals surface area contributed by atoms with Gasteiger partial charge in [0, 0.05) is 17.3 Å². The third-order valence-corrected chi connectivity index (χ3v) is 3.21. The predicted octanol–water partition coefficient (Wildman–Crippen LogP) is 2.61. The molecule has 7 heteroatoms. The van der Waals surface area contributed by atoms with Crippen LogP contribution in [0.15, 0.2) is 5.16 Å². The van der Waals surface area contributed by atoms with E-state index in [-0.39, 0.29) is 0 Å². The van der Waals surface area contributed by atoms with E-state index in [1.807, 2.05) is 0 Å². The fourth-order valence-electron chi connectivity index (χ4n) is 0.766. The molecule has 1 heterocycles. The summed E-state index contributed by atoms with van der Waals surface area (Å²) in [6.45, 7) is 2.14. The van der Waals surface area contributed by atoms with Gasteiger partial charge in [-0.25, -0.2) is 4.79 Å². The van der Waals surface area contributed by atoms with Gasteiger partial charge in [0.05, 0.1) is 7.11 Å². The molecule has 1 aromatic heterocycles. The van der Waals surface area contributed by atoms with E-state index < -0.39 is 6.09 Å². The number of hydrogen-bond donors (Lipinski definition) is 1. The number of nitrogens with zero attached hydrogens (tertiary/aromatic N) is 2. The normalized spacial score (nSPS) is 10.0. The lowest BCUT2D eigenvalue weighted by atomic mass is 10.4. The third-order valence-electron chi connectivity index (χ3n) is 1.53. The van der Waals surface area contributed by atoms with Gasteiger partial charge in [-0.1, -0.05) is 25.1 Å². The predicted molar refractivity (Wildman–Crippen MR) is 61.6 cm³/mol. The highest BCUT2D eigenvalue weighted by Crippen LogP contribution is 2.20. The minimum atomic E-state index is -0.517. The number of aromatic nitrogens is 2. The second-order valence-electron chi connectivity index (χ2n) is 2.70. The first-order valence-corrected chi connectivity index (χ1v) is 6.33. The van der Waals surface area contributed by atoms with E-state index in [0.29, 0.717) is 10.3 Å². The number of nitrogens with one attached hydrogen (secondary N) is 1. The first-order chi connectivity index (χ1) is 7.26. The van der Waals surface area contributed by atoms with Gasteiger partial charge in [-0.05, 0) is 6.42 Å². The molecule has 0 unspecified atom stereocenters. The van der Waals surface area contributed by atoms with Crippen molar-refractivity contribution in [1.29, 1.82) is 0 Å². The number of carbonyl (C=O) groups is 1. The molecular weight excluding hydrogens is 234 g/mol. The van der Waals surface area contributed by atoms with E-state index in [9.17, 15) is 4.79 Å². The molecule has 1 aromatic rings. The lowest BCUT2D eigenvalue weighted by Crippen LogP contribution is -2.10. The van der Waals surface area contributed by atoms with Crippen LogP contribution >= 0.6 is 23.3 Å². The van der Waals surface area contributed by atoms with Crippen molar-refractivity contribution in [3.8, 4) is 0 Å². The highest BCUT2D eigenvalue weighted by atomic mass is 32.2. The highest BCUT2D eigenvalue weighted by molar-refractivity contribution is 7.99. The maximum atomic E-state index is 10.8. The summed E-state index contributed by atoms with van der Waals surface area (Å²) in [4.78, 5) is 15.0. The molecule has 1 rings (SSSR count). The van der Waals surface area contributed by atoms with Crippen LogP contribution in [-0.4, -0.2) is 28.3 Å². The first-order valence-electron chi connectivity index (χ1n) is 4.57. The van der Waals surface area contributed by atoms with Gasteiger partial charge < -0.3 is 4.74 Å². The Morgan fingerprint density at radius 1 is 1.67 bits per heavy atom. The van der Waals surface area contributed by atoms with Crippen LogP contribution in [-0.2, 0) is 4.74 Å². The third kappa shape index (κ3) is 4.48. The van der Waals surface area contributed by atoms with Gasteiger partial charge in [-0.3, -0.25) is 5.32 Å². The summed E-state index contributed by atoms with van der Waals surface area (Å²) < 4.78 is 8.54. The van der Waals surface area contributed by atoms with Gasteiger partial charge >= 0.3 is 6.09 Å². The molecule has 0 radical (unpaired) electrons. The molecule has 1 amide bonds. The zero-order valence-electron chi connectivity index (χ0n) is 8.65. The second-order valence-corrected chi connectivity index (χ2v) is 4.51. The summed E-state index contributed by atoms with van der Waals surface area (Å²) >= 11 is 2.75. The van der Waals surface area contributed by atoms with Crippen molar-refractivity contribution in [2.45, 2.75) is 24.9 Å². The average Bonchev–Trinajstić information content (AvgIpc) is 2.66. The van der Waals surface area contributed by atoms with Crippen LogP contribution in [0, 0.1) is 0 Å². The monoisotopic (exact) mass is 247 g/mol. The fourth-order valence-corrected chi connectivity index (χ4v) is 2.38. The molecule has 0 atom stereocenters. The van der Waals surface area contributed by atoms with Crippen molar-refractivity contribution >= 4 is 34.5 Å². The number of hydrogen-bond acceptors (Lipinski definition) is 6. The number of methoxy groups -OCH3 is 1. The van der Waals surface area contributed by atoms with E-state index in [1.165, 1.54) is 7.11 Å². The summed E-state index contributed by atoms with van der Waals surface area (Å²) in [5.74, 6) is 1.00. The van der Waals surface area contributed by atoms with Gasteiger partial charge in [-0.15, -0.1) is 0 Å². The summed E-state index contributed by atoms with van der Waals surface area (Å²) in [6, 6.07) is 0. The molecule has 5 nitrogen and oxygen atoms in total. The minimum absolute atomic E-state index is 0.473. The summed E-state index contributed by atoms with van der Waals surface area (Å²) in [5, 5.41) is 3.65. The standard InChI is InChI=1S/C8H13N3O2S2/c1-3-4-5-14-7-9-6(15-11-7)10-8(12)13-2/h3-5H2,1-2H3,(H,9,10,11,12). The second kappa shape index (κ2) is 6.62. The average molecular weight is 247 g/mol. The number of amides is 1. The SMILES string of the molecule is CCCCSc1nsc(NC(=O)OC)n1. The van der Waals surface area contributed by atoms with Gasteiger partial charge in [0.25, 0.3) is 0 Å². The van der Waals surface area contributed by atoms with Crippen molar-refractivity contribution in [2.24, 2.45) is 0 Å². The van der Waals surface area contributed by atoms with Crippen molar-refractivity contribution in [3.63, 3.8) is 0 Å². The van der Waals surface area contributed by atoms with Gasteiger partial charge in [0.1, 0.15) is 0 Å². The van der Waals surface area contributed by atoms with Gasteiger partial charge in [0.2, 0.25) is 10.3 Å². The van der Waals surface area contributed by atoms with E-state index in [4.69, 9.17) is 0 Å². The number of unbranched alkanes of at least 4 members (excludes halogenated alkanes) is 1. The summed E-state index contributed by atoms with van der Waals surface area (Å²) in [5.41, 5.74) is 0. The van der Waals surface area contributed by atoms with Crippen molar-refractivity contribution in [3.05, 3.63) is 0 Å². The largest absolute Gasteiger partial charge is 0.453 e. The molecule has 0 aliphatic carbocycles. The Kier molecular flexibility index (Phi) is 5.41. The first kappa shape index (κ1) is 12.3. The molecule has 0 fully saturated rings. The minimum Gasteiger partial charge on any atom is -0.453 e. The Bertz CT molecular complexity index is 317. The molecule has 0 aliphatic heterocycles. The van der Waals surface area contributed by atoms with Gasteiger partial charge in [0.15, 0.2) is 0 Å². The number of ether oxygens (including phenoxy) is 1. The molecule has 0 bridgehead atoms. The quantitative estimate of drug-likeness (QED) is 0.640. The van der Waals surface area contributed by atoms with E-state index in [2.05, 4.69) is 26.3 Å². The Balaban J connectivity index is 2.38. The number of thioether (sulfide) groups is 1. The Labute approximate surface area is 96.8 Å². The van der Waals surface area contributed by atoms with Crippen LogP contribution in [0.3, 0.4) is 0 Å². The van der Waals surface area contributed by atoms with Crippen LogP contribution in [0.5, 0.6) is 0 Å². The lowest BCUT2D eigenvalue weighted by molar-refractivity contribution is 0.187. The molecule has 15 heavy (non-hydrogen) atoms. The Morgan fingerprint density at radius 2 is 2.47 bits per heavy atom. The van der Waals surface area contributed by atoms with Gasteiger partial charge in [-0.2, -0.15) is 9.36 Å². The van der Waals surface area contributed by atoms with Crippen LogP contribution in [0.1, 0.15) is 19.8 Å². The molecular formula is C8H13N3O2S2. The highest BCUT2D eigenvalue weighted by Gasteiger charge is 2.07. The van der Waals surface area contributed by atoms with Crippen molar-refractivity contribution in [1.82, 2.24) is 9.36 Å². The zero-order chi connectivity index (χ0) is 11.1. The fraction of sp³-hybridized carbons (Fsp3) is 0.625. The van der Waals surface area contributed by atoms with E-state index in [1.54, 1.807) is 11.8 Å².